The molecule has 0 aliphatic rings. The molecule has 0 aliphatic carbocycles. The summed E-state index contributed by atoms with van der Waals surface area (Å²) in [7, 11) is 1.59. The lowest BCUT2D eigenvalue weighted by Crippen LogP contribution is -2.23. The summed E-state index contributed by atoms with van der Waals surface area (Å²) in [4.78, 5) is 33.3. The average Bonchev–Trinajstić information content (AvgIpc) is 3.11. The zero-order chi connectivity index (χ0) is 19.7. The van der Waals surface area contributed by atoms with Crippen LogP contribution in [0, 0.1) is 0 Å². The van der Waals surface area contributed by atoms with Crippen LogP contribution < -0.4 is 10.3 Å². The van der Waals surface area contributed by atoms with Crippen molar-refractivity contribution in [3.8, 4) is 5.75 Å². The van der Waals surface area contributed by atoms with Crippen LogP contribution >= 0.6 is 11.8 Å². The summed E-state index contributed by atoms with van der Waals surface area (Å²) in [5.74, 6) is 0.881. The summed E-state index contributed by atoms with van der Waals surface area (Å²) in [6, 6.07) is 14.7. The van der Waals surface area contributed by atoms with Gasteiger partial charge in [-0.3, -0.25) is 14.2 Å². The van der Waals surface area contributed by atoms with E-state index in [2.05, 4.69) is 4.98 Å². The summed E-state index contributed by atoms with van der Waals surface area (Å²) < 4.78 is 6.72. The molecule has 2 aromatic carbocycles. The first kappa shape index (κ1) is 18.3. The summed E-state index contributed by atoms with van der Waals surface area (Å²) in [6.07, 6.45) is 0. The number of ether oxygens (including phenoxy) is 1. The first-order valence-corrected chi connectivity index (χ1v) is 9.92. The van der Waals surface area contributed by atoms with Gasteiger partial charge in [-0.1, -0.05) is 30.0 Å². The predicted molar refractivity (Wildman–Crippen MR) is 112 cm³/mol. The van der Waals surface area contributed by atoms with Crippen LogP contribution in [0.1, 0.15) is 17.3 Å². The van der Waals surface area contributed by atoms with E-state index in [1.54, 1.807) is 35.9 Å². The van der Waals surface area contributed by atoms with Crippen molar-refractivity contribution < 1.29 is 9.53 Å². The minimum absolute atomic E-state index is 0.0245. The third kappa shape index (κ3) is 3.18. The lowest BCUT2D eigenvalue weighted by Gasteiger charge is -2.09. The fourth-order valence-corrected chi connectivity index (χ4v) is 4.11. The normalized spacial score (nSPS) is 11.2. The minimum Gasteiger partial charge on any atom is -0.497 e. The first-order valence-electron chi connectivity index (χ1n) is 8.93. The van der Waals surface area contributed by atoms with Gasteiger partial charge in [0.15, 0.2) is 10.9 Å². The average molecular weight is 393 g/mol. The molecule has 7 heteroatoms. The molecular weight excluding hydrogens is 374 g/mol. The van der Waals surface area contributed by atoms with Gasteiger partial charge in [-0.15, -0.1) is 0 Å². The molecule has 142 valence electrons. The number of benzene rings is 2. The number of nitrogens with one attached hydrogen (secondary N) is 1. The van der Waals surface area contributed by atoms with Crippen LogP contribution in [0.15, 0.2) is 58.5 Å². The fourth-order valence-electron chi connectivity index (χ4n) is 3.16. The minimum atomic E-state index is -0.122. The van der Waals surface area contributed by atoms with E-state index < -0.39 is 0 Å². The van der Waals surface area contributed by atoms with Crippen LogP contribution in [-0.4, -0.2) is 33.2 Å². The molecule has 1 N–H and O–H groups in total. The van der Waals surface area contributed by atoms with E-state index in [1.165, 1.54) is 11.8 Å². The lowest BCUT2D eigenvalue weighted by molar-refractivity contribution is 0.102. The zero-order valence-corrected chi connectivity index (χ0v) is 16.4. The van der Waals surface area contributed by atoms with Crippen LogP contribution in [0.5, 0.6) is 5.75 Å². The fraction of sp³-hybridized carbons (Fsp3) is 0.190. The Labute approximate surface area is 165 Å². The molecule has 6 nitrogen and oxygen atoms in total. The Hall–Kier alpha value is -3.06. The number of Topliss-reactive ketones (excluding diaryl/α,β-unsaturated/α-hetero) is 1. The van der Waals surface area contributed by atoms with E-state index in [0.29, 0.717) is 34.0 Å². The van der Waals surface area contributed by atoms with Crippen molar-refractivity contribution in [1.82, 2.24) is 14.5 Å². The van der Waals surface area contributed by atoms with Gasteiger partial charge in [-0.25, -0.2) is 4.98 Å². The molecule has 2 heterocycles. The van der Waals surface area contributed by atoms with Gasteiger partial charge in [-0.2, -0.15) is 0 Å². The van der Waals surface area contributed by atoms with Crippen molar-refractivity contribution in [2.45, 2.75) is 18.6 Å². The highest BCUT2D eigenvalue weighted by Crippen LogP contribution is 2.25. The number of aromatic amines is 1. The molecular formula is C21H19N3O3S. The van der Waals surface area contributed by atoms with Gasteiger partial charge in [0.2, 0.25) is 0 Å². The Morgan fingerprint density at radius 3 is 2.64 bits per heavy atom. The van der Waals surface area contributed by atoms with Crippen LogP contribution in [0.3, 0.4) is 0 Å². The Kier molecular flexibility index (Phi) is 4.92. The summed E-state index contributed by atoms with van der Waals surface area (Å²) >= 11 is 1.28. The van der Waals surface area contributed by atoms with Crippen LogP contribution in [0.4, 0.5) is 0 Å². The highest BCUT2D eigenvalue weighted by atomic mass is 32.2. The number of rotatable bonds is 6. The van der Waals surface area contributed by atoms with Crippen LogP contribution in [0.25, 0.3) is 21.9 Å². The number of methoxy groups -OCH3 is 1. The molecule has 0 atom stereocenters. The highest BCUT2D eigenvalue weighted by Gasteiger charge is 2.16. The second kappa shape index (κ2) is 7.52. The maximum absolute atomic E-state index is 12.9. The zero-order valence-electron chi connectivity index (χ0n) is 15.6. The molecule has 0 bridgehead atoms. The number of hydrogen-bond donors (Lipinski definition) is 1. The number of hydrogen-bond acceptors (Lipinski definition) is 5. The van der Waals surface area contributed by atoms with E-state index in [1.807, 2.05) is 31.2 Å². The van der Waals surface area contributed by atoms with E-state index in [9.17, 15) is 9.59 Å². The maximum atomic E-state index is 12.9. The summed E-state index contributed by atoms with van der Waals surface area (Å²) in [5.41, 5.74) is 2.50. The molecule has 0 amide bonds. The van der Waals surface area contributed by atoms with Gasteiger partial charge in [0.05, 0.1) is 12.9 Å². The van der Waals surface area contributed by atoms with E-state index in [-0.39, 0.29) is 17.1 Å². The number of nitrogens with zero attached hydrogens (tertiary/aromatic N) is 2. The van der Waals surface area contributed by atoms with Crippen molar-refractivity contribution >= 4 is 39.5 Å². The molecule has 0 spiro atoms. The Morgan fingerprint density at radius 1 is 1.18 bits per heavy atom. The monoisotopic (exact) mass is 393 g/mol. The molecule has 2 aromatic heterocycles. The Morgan fingerprint density at radius 2 is 1.93 bits per heavy atom. The smallest absolute Gasteiger partial charge is 0.278 e. The van der Waals surface area contributed by atoms with Crippen molar-refractivity contribution in [3.63, 3.8) is 0 Å². The number of carbonyl (C=O) groups excluding carboxylic acids is 1. The molecule has 0 saturated heterocycles. The largest absolute Gasteiger partial charge is 0.497 e. The third-order valence-electron chi connectivity index (χ3n) is 4.64. The number of para-hydroxylation sites is 1. The van der Waals surface area contributed by atoms with Gasteiger partial charge in [0, 0.05) is 23.0 Å². The van der Waals surface area contributed by atoms with Crippen LogP contribution in [-0.2, 0) is 6.54 Å². The predicted octanol–water partition coefficient (Wildman–Crippen LogP) is 3.88. The van der Waals surface area contributed by atoms with E-state index in [0.717, 1.165) is 10.9 Å². The summed E-state index contributed by atoms with van der Waals surface area (Å²) in [5, 5.41) is 1.45. The number of fused-ring (bicyclic) bond motifs is 3. The topological polar surface area (TPSA) is 77.0 Å². The Bertz CT molecular complexity index is 1230. The van der Waals surface area contributed by atoms with Crippen molar-refractivity contribution in [2.24, 2.45) is 0 Å². The molecule has 0 radical (unpaired) electrons. The molecule has 28 heavy (non-hydrogen) atoms. The van der Waals surface area contributed by atoms with Gasteiger partial charge in [0.25, 0.3) is 5.56 Å². The number of H-pyrrole nitrogens is 1. The SMILES string of the molecule is CCn1c(SCC(=O)c2ccc(OC)cc2)nc2c([nH]c3ccccc32)c1=O. The number of aromatic nitrogens is 3. The molecule has 0 aliphatic heterocycles. The molecule has 0 fully saturated rings. The second-order valence-electron chi connectivity index (χ2n) is 6.28. The molecule has 4 rings (SSSR count). The number of carbonyl (C=O) groups is 1. The molecule has 0 saturated carbocycles. The second-order valence-corrected chi connectivity index (χ2v) is 7.22. The van der Waals surface area contributed by atoms with Gasteiger partial charge in [0.1, 0.15) is 16.8 Å². The van der Waals surface area contributed by atoms with E-state index >= 15 is 0 Å². The standard InChI is InChI=1S/C21H19N3O3S/c1-3-24-20(26)19-18(15-6-4-5-7-16(15)22-19)23-21(24)28-12-17(25)13-8-10-14(27-2)11-9-13/h4-11,22H,3,12H2,1-2H3. The van der Waals surface area contributed by atoms with Crippen LogP contribution in [0.2, 0.25) is 0 Å². The van der Waals surface area contributed by atoms with Gasteiger partial charge < -0.3 is 9.72 Å². The highest BCUT2D eigenvalue weighted by molar-refractivity contribution is 7.99. The number of ketones is 1. The third-order valence-corrected chi connectivity index (χ3v) is 5.61. The molecule has 4 aromatic rings. The van der Waals surface area contributed by atoms with Crippen molar-refractivity contribution in [1.29, 1.82) is 0 Å². The maximum Gasteiger partial charge on any atom is 0.278 e. The van der Waals surface area contributed by atoms with Crippen molar-refractivity contribution in [2.75, 3.05) is 12.9 Å². The van der Waals surface area contributed by atoms with Gasteiger partial charge >= 0.3 is 0 Å². The first-order chi connectivity index (χ1) is 13.6. The van der Waals surface area contributed by atoms with E-state index in [4.69, 9.17) is 9.72 Å². The van der Waals surface area contributed by atoms with Crippen molar-refractivity contribution in [3.05, 3.63) is 64.4 Å². The quantitative estimate of drug-likeness (QED) is 0.306. The lowest BCUT2D eigenvalue weighted by atomic mass is 10.1. The van der Waals surface area contributed by atoms with Gasteiger partial charge in [-0.05, 0) is 37.3 Å². The summed E-state index contributed by atoms with van der Waals surface area (Å²) in [6.45, 7) is 2.38. The Balaban J connectivity index is 1.68. The number of thioether (sulfide) groups is 1. The molecule has 0 unspecified atom stereocenters.